The fourth-order valence-electron chi connectivity index (χ4n) is 1.26. The van der Waals surface area contributed by atoms with Crippen LogP contribution in [0.15, 0.2) is 16.3 Å². The lowest BCUT2D eigenvalue weighted by Gasteiger charge is -2.07. The Morgan fingerprint density at radius 2 is 2.22 bits per heavy atom. The van der Waals surface area contributed by atoms with Crippen LogP contribution >= 0.6 is 11.3 Å². The van der Waals surface area contributed by atoms with Crippen LogP contribution in [0.2, 0.25) is 0 Å². The van der Waals surface area contributed by atoms with E-state index in [0.717, 1.165) is 4.88 Å². The molecule has 18 heavy (non-hydrogen) atoms. The van der Waals surface area contributed by atoms with Gasteiger partial charge >= 0.3 is 0 Å². The average Bonchev–Trinajstić information content (AvgIpc) is 2.77. The zero-order valence-corrected chi connectivity index (χ0v) is 12.3. The van der Waals surface area contributed by atoms with Crippen LogP contribution in [0, 0.1) is 5.92 Å². The number of hydrogen-bond acceptors (Lipinski definition) is 5. The highest BCUT2D eigenvalue weighted by Crippen LogP contribution is 2.18. The van der Waals surface area contributed by atoms with E-state index in [1.54, 1.807) is 11.4 Å². The van der Waals surface area contributed by atoms with Crippen LogP contribution in [0.4, 0.5) is 0 Å². The molecule has 5 nitrogen and oxygen atoms in total. The van der Waals surface area contributed by atoms with Gasteiger partial charge in [0.15, 0.2) is 0 Å². The van der Waals surface area contributed by atoms with Crippen molar-refractivity contribution in [2.24, 2.45) is 11.7 Å². The van der Waals surface area contributed by atoms with E-state index in [0.29, 0.717) is 25.7 Å². The first-order valence-electron chi connectivity index (χ1n) is 5.80. The Bertz CT molecular complexity index is 455. The van der Waals surface area contributed by atoms with Gasteiger partial charge in [0.05, 0.1) is 11.5 Å². The molecule has 0 atom stereocenters. The predicted molar refractivity (Wildman–Crippen MR) is 73.1 cm³/mol. The first-order chi connectivity index (χ1) is 8.45. The van der Waals surface area contributed by atoms with Crippen molar-refractivity contribution in [1.82, 2.24) is 4.72 Å². The molecule has 0 amide bonds. The molecule has 1 aromatic rings. The van der Waals surface area contributed by atoms with Gasteiger partial charge < -0.3 is 10.5 Å². The molecule has 0 radical (unpaired) electrons. The number of nitrogens with one attached hydrogen (secondary N) is 1. The maximum atomic E-state index is 11.9. The second-order valence-corrected chi connectivity index (χ2v) is 7.08. The molecular formula is C11H20N2O3S2. The lowest BCUT2D eigenvalue weighted by molar-refractivity contribution is 0.114. The molecule has 0 aromatic carbocycles. The Hall–Kier alpha value is -0.470. The van der Waals surface area contributed by atoms with Crippen molar-refractivity contribution in [3.63, 3.8) is 0 Å². The van der Waals surface area contributed by atoms with Crippen LogP contribution in [0.3, 0.4) is 0 Å². The summed E-state index contributed by atoms with van der Waals surface area (Å²) in [5, 5.41) is 1.60. The van der Waals surface area contributed by atoms with E-state index in [-0.39, 0.29) is 11.4 Å². The minimum atomic E-state index is -3.43. The van der Waals surface area contributed by atoms with Crippen molar-refractivity contribution >= 4 is 21.4 Å². The van der Waals surface area contributed by atoms with Gasteiger partial charge in [-0.05, 0) is 12.0 Å². The minimum absolute atomic E-state index is 0.275. The lowest BCUT2D eigenvalue weighted by Crippen LogP contribution is -2.27. The maximum absolute atomic E-state index is 11.9. The number of rotatable bonds is 8. The Morgan fingerprint density at radius 3 is 2.78 bits per heavy atom. The van der Waals surface area contributed by atoms with Gasteiger partial charge in [-0.3, -0.25) is 0 Å². The van der Waals surface area contributed by atoms with E-state index in [1.807, 2.05) is 13.8 Å². The highest BCUT2D eigenvalue weighted by Gasteiger charge is 2.15. The first-order valence-corrected chi connectivity index (χ1v) is 8.17. The largest absolute Gasteiger partial charge is 0.380 e. The molecule has 0 spiro atoms. The fourth-order valence-corrected chi connectivity index (χ4v) is 3.43. The number of sulfonamides is 1. The zero-order valence-electron chi connectivity index (χ0n) is 10.7. The predicted octanol–water partition coefficient (Wildman–Crippen LogP) is 1.16. The van der Waals surface area contributed by atoms with E-state index >= 15 is 0 Å². The number of nitrogens with two attached hydrogens (primary N) is 1. The summed E-state index contributed by atoms with van der Waals surface area (Å²) in [6, 6.07) is 1.60. The SMILES string of the molecule is CC(C)COCCNS(=O)(=O)c1csc(CN)c1. The summed E-state index contributed by atoms with van der Waals surface area (Å²) in [5.74, 6) is 0.450. The van der Waals surface area contributed by atoms with E-state index in [9.17, 15) is 8.42 Å². The van der Waals surface area contributed by atoms with E-state index in [4.69, 9.17) is 10.5 Å². The van der Waals surface area contributed by atoms with Crippen molar-refractivity contribution < 1.29 is 13.2 Å². The average molecular weight is 292 g/mol. The molecule has 0 aliphatic rings. The van der Waals surface area contributed by atoms with Crippen LogP contribution < -0.4 is 10.5 Å². The third-order valence-corrected chi connectivity index (χ3v) is 4.68. The molecule has 0 fully saturated rings. The summed E-state index contributed by atoms with van der Waals surface area (Å²) in [4.78, 5) is 1.13. The molecule has 104 valence electrons. The molecule has 7 heteroatoms. The summed E-state index contributed by atoms with van der Waals surface area (Å²) in [6.07, 6.45) is 0. The number of ether oxygens (including phenoxy) is 1. The highest BCUT2D eigenvalue weighted by atomic mass is 32.2. The Kier molecular flexibility index (Phi) is 6.24. The standard InChI is InChI=1S/C11H20N2O3S2/c1-9(2)7-16-4-3-13-18(14,15)11-5-10(6-12)17-8-11/h5,8-9,13H,3-4,6-7,12H2,1-2H3. The summed E-state index contributed by atoms with van der Waals surface area (Å²) >= 11 is 1.35. The van der Waals surface area contributed by atoms with Crippen molar-refractivity contribution in [2.75, 3.05) is 19.8 Å². The fraction of sp³-hybridized carbons (Fsp3) is 0.636. The van der Waals surface area contributed by atoms with Crippen molar-refractivity contribution in [1.29, 1.82) is 0 Å². The molecule has 0 aliphatic carbocycles. The summed E-state index contributed by atoms with van der Waals surface area (Å²) in [6.45, 7) is 5.75. The smallest absolute Gasteiger partial charge is 0.241 e. The van der Waals surface area contributed by atoms with Crippen LogP contribution in [0.5, 0.6) is 0 Å². The van der Waals surface area contributed by atoms with Crippen molar-refractivity contribution in [2.45, 2.75) is 25.3 Å². The normalized spacial score (nSPS) is 12.2. The minimum Gasteiger partial charge on any atom is -0.380 e. The molecule has 0 saturated heterocycles. The van der Waals surface area contributed by atoms with Gasteiger partial charge in [0.25, 0.3) is 0 Å². The van der Waals surface area contributed by atoms with Crippen molar-refractivity contribution in [3.8, 4) is 0 Å². The van der Waals surface area contributed by atoms with Crippen LogP contribution in [0.25, 0.3) is 0 Å². The molecule has 1 aromatic heterocycles. The van der Waals surface area contributed by atoms with Gasteiger partial charge in [-0.1, -0.05) is 13.8 Å². The quantitative estimate of drug-likeness (QED) is 0.704. The Labute approximate surface area is 112 Å². The molecular weight excluding hydrogens is 272 g/mol. The summed E-state index contributed by atoms with van der Waals surface area (Å²) in [5.41, 5.74) is 5.45. The third kappa shape index (κ3) is 5.03. The molecule has 1 heterocycles. The number of hydrogen-bond donors (Lipinski definition) is 2. The lowest BCUT2D eigenvalue weighted by atomic mass is 10.2. The molecule has 0 saturated carbocycles. The van der Waals surface area contributed by atoms with Gasteiger partial charge in [-0.2, -0.15) is 0 Å². The third-order valence-electron chi connectivity index (χ3n) is 2.13. The van der Waals surface area contributed by atoms with Crippen molar-refractivity contribution in [3.05, 3.63) is 16.3 Å². The first kappa shape index (κ1) is 15.6. The topological polar surface area (TPSA) is 81.4 Å². The van der Waals surface area contributed by atoms with E-state index < -0.39 is 10.0 Å². The Morgan fingerprint density at radius 1 is 1.50 bits per heavy atom. The Balaban J connectivity index is 2.40. The summed E-state index contributed by atoms with van der Waals surface area (Å²) in [7, 11) is -3.43. The highest BCUT2D eigenvalue weighted by molar-refractivity contribution is 7.89. The zero-order chi connectivity index (χ0) is 13.6. The van der Waals surface area contributed by atoms with E-state index in [1.165, 1.54) is 11.3 Å². The molecule has 3 N–H and O–H groups in total. The molecule has 0 unspecified atom stereocenters. The van der Waals surface area contributed by atoms with Crippen LogP contribution in [-0.2, 0) is 21.3 Å². The molecule has 0 aliphatic heterocycles. The monoisotopic (exact) mass is 292 g/mol. The van der Waals surface area contributed by atoms with Gasteiger partial charge in [0.1, 0.15) is 0 Å². The summed E-state index contributed by atoms with van der Waals surface area (Å²) < 4.78 is 31.5. The second-order valence-electron chi connectivity index (χ2n) is 4.32. The van der Waals surface area contributed by atoms with Crippen LogP contribution in [0.1, 0.15) is 18.7 Å². The van der Waals surface area contributed by atoms with Gasteiger partial charge in [0.2, 0.25) is 10.0 Å². The van der Waals surface area contributed by atoms with Gasteiger partial charge in [0, 0.05) is 30.0 Å². The van der Waals surface area contributed by atoms with E-state index in [2.05, 4.69) is 4.72 Å². The van der Waals surface area contributed by atoms with Gasteiger partial charge in [-0.15, -0.1) is 11.3 Å². The molecule has 1 rings (SSSR count). The van der Waals surface area contributed by atoms with Gasteiger partial charge in [-0.25, -0.2) is 13.1 Å². The molecule has 0 bridgehead atoms. The number of thiophene rings is 1. The maximum Gasteiger partial charge on any atom is 0.241 e. The second kappa shape index (κ2) is 7.20. The van der Waals surface area contributed by atoms with Crippen LogP contribution in [-0.4, -0.2) is 28.2 Å².